The van der Waals surface area contributed by atoms with E-state index in [0.717, 1.165) is 17.0 Å². The highest BCUT2D eigenvalue weighted by molar-refractivity contribution is 9.09. The molecule has 1 nitrogen and oxygen atoms in total. The lowest BCUT2D eigenvalue weighted by molar-refractivity contribution is 0.414. The SMILES string of the molecule is COc1ccc2c(c1)CC[C@@H]2CCCBr. The molecule has 0 bridgehead atoms. The van der Waals surface area contributed by atoms with E-state index in [4.69, 9.17) is 4.74 Å². The van der Waals surface area contributed by atoms with E-state index in [-0.39, 0.29) is 0 Å². The molecule has 2 heteroatoms. The molecule has 1 aromatic rings. The van der Waals surface area contributed by atoms with Crippen molar-refractivity contribution in [3.8, 4) is 5.75 Å². The smallest absolute Gasteiger partial charge is 0.119 e. The molecule has 1 aromatic carbocycles. The van der Waals surface area contributed by atoms with Gasteiger partial charge in [-0.05, 0) is 54.9 Å². The molecule has 0 fully saturated rings. The summed E-state index contributed by atoms with van der Waals surface area (Å²) in [4.78, 5) is 0. The third kappa shape index (κ3) is 2.36. The molecule has 0 N–H and O–H groups in total. The topological polar surface area (TPSA) is 9.23 Å². The maximum absolute atomic E-state index is 5.25. The van der Waals surface area contributed by atoms with Crippen molar-refractivity contribution in [1.82, 2.24) is 0 Å². The number of halogens is 1. The largest absolute Gasteiger partial charge is 0.497 e. The molecule has 0 amide bonds. The van der Waals surface area contributed by atoms with Gasteiger partial charge in [-0.2, -0.15) is 0 Å². The van der Waals surface area contributed by atoms with Gasteiger partial charge in [0.15, 0.2) is 0 Å². The standard InChI is InChI=1S/C13H17BrO/c1-15-12-6-7-13-10(3-2-8-14)4-5-11(13)9-12/h6-7,9-10H,2-5,8H2,1H3/t10-/m0/s1. The summed E-state index contributed by atoms with van der Waals surface area (Å²) in [5.41, 5.74) is 3.05. The lowest BCUT2D eigenvalue weighted by atomic mass is 9.97. The maximum Gasteiger partial charge on any atom is 0.119 e. The Kier molecular flexibility index (Phi) is 3.68. The number of rotatable bonds is 4. The quantitative estimate of drug-likeness (QED) is 0.753. The summed E-state index contributed by atoms with van der Waals surface area (Å²) in [6.45, 7) is 0. The first-order chi connectivity index (χ1) is 7.35. The zero-order valence-electron chi connectivity index (χ0n) is 9.13. The van der Waals surface area contributed by atoms with Gasteiger partial charge in [-0.3, -0.25) is 0 Å². The molecule has 0 unspecified atom stereocenters. The minimum absolute atomic E-state index is 0.781. The number of benzene rings is 1. The summed E-state index contributed by atoms with van der Waals surface area (Å²) >= 11 is 3.50. The average molecular weight is 269 g/mol. The van der Waals surface area contributed by atoms with Crippen molar-refractivity contribution in [3.63, 3.8) is 0 Å². The molecule has 0 aliphatic heterocycles. The summed E-state index contributed by atoms with van der Waals surface area (Å²) in [7, 11) is 1.74. The highest BCUT2D eigenvalue weighted by Crippen LogP contribution is 2.37. The Balaban J connectivity index is 2.13. The van der Waals surface area contributed by atoms with E-state index in [9.17, 15) is 0 Å². The number of fused-ring (bicyclic) bond motifs is 1. The molecule has 0 saturated carbocycles. The fraction of sp³-hybridized carbons (Fsp3) is 0.538. The molecular weight excluding hydrogens is 252 g/mol. The van der Waals surface area contributed by atoms with Crippen LogP contribution in [0.1, 0.15) is 36.3 Å². The van der Waals surface area contributed by atoms with E-state index in [1.807, 2.05) is 0 Å². The molecule has 0 radical (unpaired) electrons. The Bertz CT molecular complexity index is 335. The first kappa shape index (κ1) is 11.0. The van der Waals surface area contributed by atoms with E-state index in [1.54, 1.807) is 12.7 Å². The van der Waals surface area contributed by atoms with Crippen molar-refractivity contribution in [2.75, 3.05) is 12.4 Å². The number of alkyl halides is 1. The van der Waals surface area contributed by atoms with E-state index >= 15 is 0 Å². The molecule has 1 aliphatic rings. The van der Waals surface area contributed by atoms with Crippen LogP contribution in [0.25, 0.3) is 0 Å². The molecule has 0 spiro atoms. The Hall–Kier alpha value is -0.500. The first-order valence-electron chi connectivity index (χ1n) is 5.58. The van der Waals surface area contributed by atoms with Crippen LogP contribution in [0.2, 0.25) is 0 Å². The molecule has 1 aliphatic carbocycles. The summed E-state index contributed by atoms with van der Waals surface area (Å²) < 4.78 is 5.25. The van der Waals surface area contributed by atoms with Crippen LogP contribution in [0.3, 0.4) is 0 Å². The molecule has 0 saturated heterocycles. The number of ether oxygens (including phenoxy) is 1. The fourth-order valence-electron chi connectivity index (χ4n) is 2.43. The fourth-order valence-corrected chi connectivity index (χ4v) is 2.76. The van der Waals surface area contributed by atoms with Gasteiger partial charge in [0.1, 0.15) is 5.75 Å². The predicted octanol–water partition coefficient (Wildman–Crippen LogP) is 3.90. The number of hydrogen-bond acceptors (Lipinski definition) is 1. The minimum atomic E-state index is 0.781. The Morgan fingerprint density at radius 2 is 2.33 bits per heavy atom. The predicted molar refractivity (Wildman–Crippen MR) is 67.1 cm³/mol. The summed E-state index contributed by atoms with van der Waals surface area (Å²) in [6, 6.07) is 6.54. The van der Waals surface area contributed by atoms with E-state index in [0.29, 0.717) is 0 Å². The van der Waals surface area contributed by atoms with Crippen molar-refractivity contribution in [2.45, 2.75) is 31.6 Å². The zero-order chi connectivity index (χ0) is 10.7. The second-order valence-electron chi connectivity index (χ2n) is 4.13. The summed E-state index contributed by atoms with van der Waals surface area (Å²) in [5, 5.41) is 1.12. The molecule has 2 rings (SSSR count). The van der Waals surface area contributed by atoms with Crippen molar-refractivity contribution >= 4 is 15.9 Å². The monoisotopic (exact) mass is 268 g/mol. The Morgan fingerprint density at radius 1 is 1.47 bits per heavy atom. The number of hydrogen-bond donors (Lipinski definition) is 0. The second-order valence-corrected chi connectivity index (χ2v) is 4.92. The third-order valence-electron chi connectivity index (χ3n) is 3.24. The van der Waals surface area contributed by atoms with Crippen molar-refractivity contribution < 1.29 is 4.74 Å². The van der Waals surface area contributed by atoms with Crippen molar-refractivity contribution in [1.29, 1.82) is 0 Å². The lowest BCUT2D eigenvalue weighted by Gasteiger charge is -2.10. The van der Waals surface area contributed by atoms with Crippen molar-refractivity contribution in [2.24, 2.45) is 0 Å². The van der Waals surface area contributed by atoms with Gasteiger partial charge in [-0.1, -0.05) is 22.0 Å². The second kappa shape index (κ2) is 5.02. The van der Waals surface area contributed by atoms with Crippen LogP contribution in [0, 0.1) is 0 Å². The van der Waals surface area contributed by atoms with Crippen LogP contribution in [-0.2, 0) is 6.42 Å². The minimum Gasteiger partial charge on any atom is -0.497 e. The van der Waals surface area contributed by atoms with Gasteiger partial charge < -0.3 is 4.74 Å². The Labute approximate surface area is 100.0 Å². The average Bonchev–Trinajstić information content (AvgIpc) is 2.68. The molecule has 0 aromatic heterocycles. The molecule has 15 heavy (non-hydrogen) atoms. The lowest BCUT2D eigenvalue weighted by Crippen LogP contribution is -1.94. The van der Waals surface area contributed by atoms with Crippen LogP contribution in [0.5, 0.6) is 5.75 Å². The highest BCUT2D eigenvalue weighted by Gasteiger charge is 2.21. The van der Waals surface area contributed by atoms with Gasteiger partial charge in [0, 0.05) is 5.33 Å². The van der Waals surface area contributed by atoms with Gasteiger partial charge in [-0.15, -0.1) is 0 Å². The summed E-state index contributed by atoms with van der Waals surface area (Å²) in [6.07, 6.45) is 5.12. The highest BCUT2D eigenvalue weighted by atomic mass is 79.9. The third-order valence-corrected chi connectivity index (χ3v) is 3.80. The number of aryl methyl sites for hydroxylation is 1. The maximum atomic E-state index is 5.25. The van der Waals surface area contributed by atoms with Gasteiger partial charge in [0.25, 0.3) is 0 Å². The van der Waals surface area contributed by atoms with Crippen LogP contribution in [-0.4, -0.2) is 12.4 Å². The van der Waals surface area contributed by atoms with Gasteiger partial charge in [0.2, 0.25) is 0 Å². The van der Waals surface area contributed by atoms with Crippen LogP contribution in [0.4, 0.5) is 0 Å². The molecule has 0 heterocycles. The van der Waals surface area contributed by atoms with Gasteiger partial charge in [0.05, 0.1) is 7.11 Å². The molecule has 1 atom stereocenters. The van der Waals surface area contributed by atoms with Crippen LogP contribution in [0.15, 0.2) is 18.2 Å². The normalized spacial score (nSPS) is 18.9. The van der Waals surface area contributed by atoms with Gasteiger partial charge >= 0.3 is 0 Å². The zero-order valence-corrected chi connectivity index (χ0v) is 10.7. The van der Waals surface area contributed by atoms with Crippen molar-refractivity contribution in [3.05, 3.63) is 29.3 Å². The van der Waals surface area contributed by atoms with Crippen LogP contribution < -0.4 is 4.74 Å². The van der Waals surface area contributed by atoms with E-state index in [2.05, 4.69) is 34.1 Å². The van der Waals surface area contributed by atoms with E-state index in [1.165, 1.54) is 31.2 Å². The number of methoxy groups -OCH3 is 1. The molecule has 82 valence electrons. The van der Waals surface area contributed by atoms with Crippen LogP contribution >= 0.6 is 15.9 Å². The Morgan fingerprint density at radius 3 is 3.07 bits per heavy atom. The van der Waals surface area contributed by atoms with E-state index < -0.39 is 0 Å². The molecular formula is C13H17BrO. The first-order valence-corrected chi connectivity index (χ1v) is 6.70. The summed E-state index contributed by atoms with van der Waals surface area (Å²) in [5.74, 6) is 1.78. The van der Waals surface area contributed by atoms with Gasteiger partial charge in [-0.25, -0.2) is 0 Å².